The molecule has 0 fully saturated rings. The van der Waals surface area contributed by atoms with Gasteiger partial charge < -0.3 is 15.2 Å². The highest BCUT2D eigenvalue weighted by Crippen LogP contribution is 2.42. The second-order valence-electron chi connectivity index (χ2n) is 3.51. The Kier molecular flexibility index (Phi) is 2.82. The lowest BCUT2D eigenvalue weighted by atomic mass is 10.1. The molecule has 2 heterocycles. The van der Waals surface area contributed by atoms with Gasteiger partial charge in [-0.2, -0.15) is 0 Å². The number of aromatic carboxylic acids is 1. The predicted octanol–water partition coefficient (Wildman–Crippen LogP) is 1.73. The van der Waals surface area contributed by atoms with Gasteiger partial charge in [-0.15, -0.1) is 0 Å². The molecule has 0 aliphatic carbocycles. The maximum absolute atomic E-state index is 11.1. The smallest absolute Gasteiger partial charge is 0.339 e. The zero-order valence-corrected chi connectivity index (χ0v) is 9.52. The molecule has 2 N–H and O–H groups in total. The third kappa shape index (κ3) is 1.88. The summed E-state index contributed by atoms with van der Waals surface area (Å²) >= 11 is 1.18. The topological polar surface area (TPSA) is 75.6 Å². The minimum atomic E-state index is -1.02. The molecule has 1 aliphatic rings. The van der Waals surface area contributed by atoms with Crippen LogP contribution < -0.4 is 10.1 Å². The summed E-state index contributed by atoms with van der Waals surface area (Å²) in [5.41, 5.74) is 0.877. The van der Waals surface area contributed by atoms with E-state index in [2.05, 4.69) is 5.32 Å². The summed E-state index contributed by atoms with van der Waals surface area (Å²) < 4.78 is 5.38. The summed E-state index contributed by atoms with van der Waals surface area (Å²) in [5.74, 6) is -1.30. The van der Waals surface area contributed by atoms with Crippen LogP contribution in [0.25, 0.3) is 0 Å². The third-order valence-corrected chi connectivity index (χ3v) is 3.34. The van der Waals surface area contributed by atoms with Crippen LogP contribution >= 0.6 is 11.3 Å². The van der Waals surface area contributed by atoms with Crippen molar-refractivity contribution in [2.45, 2.75) is 19.8 Å². The highest BCUT2D eigenvalue weighted by atomic mass is 32.1. The summed E-state index contributed by atoms with van der Waals surface area (Å²) in [5, 5.41) is 12.6. The van der Waals surface area contributed by atoms with Gasteiger partial charge in [0.2, 0.25) is 5.91 Å². The van der Waals surface area contributed by atoms with Crippen LogP contribution in [-0.4, -0.2) is 23.6 Å². The Labute approximate surface area is 96.0 Å². The Bertz CT molecular complexity index is 452. The summed E-state index contributed by atoms with van der Waals surface area (Å²) in [7, 11) is 0. The van der Waals surface area contributed by atoms with Crippen LogP contribution in [0.5, 0.6) is 5.06 Å². The van der Waals surface area contributed by atoms with Crippen molar-refractivity contribution in [1.82, 2.24) is 0 Å². The molecule has 0 aromatic carbocycles. The van der Waals surface area contributed by atoms with E-state index >= 15 is 0 Å². The van der Waals surface area contributed by atoms with Crippen molar-refractivity contribution < 1.29 is 19.4 Å². The van der Waals surface area contributed by atoms with Crippen molar-refractivity contribution in [3.63, 3.8) is 0 Å². The average Bonchev–Trinajstić information content (AvgIpc) is 2.53. The predicted molar refractivity (Wildman–Crippen MR) is 59.4 cm³/mol. The van der Waals surface area contributed by atoms with Gasteiger partial charge in [0.15, 0.2) is 5.06 Å². The van der Waals surface area contributed by atoms with Gasteiger partial charge in [-0.1, -0.05) is 11.3 Å². The monoisotopic (exact) mass is 241 g/mol. The van der Waals surface area contributed by atoms with E-state index in [1.807, 2.05) is 0 Å². The number of hydrogen-bond donors (Lipinski definition) is 2. The van der Waals surface area contributed by atoms with Crippen molar-refractivity contribution in [1.29, 1.82) is 0 Å². The van der Waals surface area contributed by atoms with E-state index in [0.29, 0.717) is 28.7 Å². The van der Waals surface area contributed by atoms with Gasteiger partial charge in [-0.25, -0.2) is 4.79 Å². The van der Waals surface area contributed by atoms with Crippen LogP contribution in [0.15, 0.2) is 0 Å². The Hall–Kier alpha value is -1.56. The summed E-state index contributed by atoms with van der Waals surface area (Å²) in [6, 6.07) is 0. The maximum Gasteiger partial charge on any atom is 0.339 e. The molecular formula is C10H11NO4S. The van der Waals surface area contributed by atoms with Gasteiger partial charge in [0.1, 0.15) is 10.6 Å². The second kappa shape index (κ2) is 4.13. The number of rotatable bonds is 2. The summed E-state index contributed by atoms with van der Waals surface area (Å²) in [6.45, 7) is 1.96. The first-order valence-corrected chi connectivity index (χ1v) is 5.70. The number of amides is 1. The van der Waals surface area contributed by atoms with E-state index in [-0.39, 0.29) is 11.5 Å². The van der Waals surface area contributed by atoms with Crippen molar-refractivity contribution >= 4 is 28.2 Å². The number of carboxylic acid groups (broad SMARTS) is 1. The number of nitrogens with one attached hydrogen (secondary N) is 1. The van der Waals surface area contributed by atoms with Gasteiger partial charge in [-0.3, -0.25) is 4.79 Å². The summed E-state index contributed by atoms with van der Waals surface area (Å²) in [6.07, 6.45) is 1.50. The molecule has 1 amide bonds. The van der Waals surface area contributed by atoms with E-state index in [9.17, 15) is 9.59 Å². The number of carboxylic acids is 1. The van der Waals surface area contributed by atoms with E-state index in [1.165, 1.54) is 18.3 Å². The maximum atomic E-state index is 11.1. The molecule has 1 aromatic heterocycles. The lowest BCUT2D eigenvalue weighted by Crippen LogP contribution is -2.12. The molecule has 2 rings (SSSR count). The van der Waals surface area contributed by atoms with Crippen molar-refractivity contribution in [2.75, 3.05) is 11.9 Å². The SMILES string of the molecule is CC(=O)Nc1sc2c(c1C(=O)O)CCCO2. The largest absolute Gasteiger partial charge is 0.484 e. The zero-order chi connectivity index (χ0) is 11.7. The van der Waals surface area contributed by atoms with E-state index in [1.54, 1.807) is 0 Å². The van der Waals surface area contributed by atoms with Gasteiger partial charge in [0.25, 0.3) is 0 Å². The Morgan fingerprint density at radius 2 is 2.25 bits per heavy atom. The fraction of sp³-hybridized carbons (Fsp3) is 0.400. The fourth-order valence-electron chi connectivity index (χ4n) is 1.68. The minimum Gasteiger partial charge on any atom is -0.484 e. The first-order valence-electron chi connectivity index (χ1n) is 4.89. The van der Waals surface area contributed by atoms with Crippen molar-refractivity contribution in [2.24, 2.45) is 0 Å². The highest BCUT2D eigenvalue weighted by Gasteiger charge is 2.26. The number of hydrogen-bond acceptors (Lipinski definition) is 4. The number of carbonyl (C=O) groups excluding carboxylic acids is 1. The number of anilines is 1. The molecule has 1 aromatic rings. The molecule has 0 saturated carbocycles. The van der Waals surface area contributed by atoms with Crippen LogP contribution in [0.4, 0.5) is 5.00 Å². The molecule has 0 bridgehead atoms. The van der Waals surface area contributed by atoms with Gasteiger partial charge in [0, 0.05) is 12.5 Å². The van der Waals surface area contributed by atoms with Gasteiger partial charge in [0.05, 0.1) is 6.61 Å². The Balaban J connectivity index is 2.47. The van der Waals surface area contributed by atoms with Crippen LogP contribution in [0.2, 0.25) is 0 Å². The van der Waals surface area contributed by atoms with Crippen LogP contribution in [0.3, 0.4) is 0 Å². The average molecular weight is 241 g/mol. The number of thiophene rings is 1. The van der Waals surface area contributed by atoms with E-state index in [0.717, 1.165) is 6.42 Å². The molecule has 0 radical (unpaired) electrons. The van der Waals surface area contributed by atoms with Crippen LogP contribution in [-0.2, 0) is 11.2 Å². The molecule has 0 unspecified atom stereocenters. The standard InChI is InChI=1S/C10H11NO4S/c1-5(12)11-8-7(9(13)14)6-3-2-4-15-10(6)16-8/h2-4H2,1H3,(H,11,12)(H,13,14). The van der Waals surface area contributed by atoms with Gasteiger partial charge >= 0.3 is 5.97 Å². The van der Waals surface area contributed by atoms with E-state index in [4.69, 9.17) is 9.84 Å². The van der Waals surface area contributed by atoms with Crippen LogP contribution in [0, 0.1) is 0 Å². The van der Waals surface area contributed by atoms with Gasteiger partial charge in [-0.05, 0) is 12.8 Å². The normalized spacial score (nSPS) is 13.8. The molecule has 6 heteroatoms. The first kappa shape index (κ1) is 10.9. The third-order valence-electron chi connectivity index (χ3n) is 2.28. The molecule has 1 aliphatic heterocycles. The zero-order valence-electron chi connectivity index (χ0n) is 8.70. The lowest BCUT2D eigenvalue weighted by Gasteiger charge is -2.12. The first-order chi connectivity index (χ1) is 7.59. The van der Waals surface area contributed by atoms with Crippen molar-refractivity contribution in [3.05, 3.63) is 11.1 Å². The lowest BCUT2D eigenvalue weighted by molar-refractivity contribution is -0.114. The molecule has 0 spiro atoms. The molecule has 16 heavy (non-hydrogen) atoms. The number of fused-ring (bicyclic) bond motifs is 1. The second-order valence-corrected chi connectivity index (χ2v) is 4.49. The highest BCUT2D eigenvalue weighted by molar-refractivity contribution is 7.18. The number of carbonyl (C=O) groups is 2. The van der Waals surface area contributed by atoms with Crippen LogP contribution in [0.1, 0.15) is 29.3 Å². The number of ether oxygens (including phenoxy) is 1. The quantitative estimate of drug-likeness (QED) is 0.826. The molecule has 0 atom stereocenters. The summed E-state index contributed by atoms with van der Waals surface area (Å²) in [4.78, 5) is 22.1. The van der Waals surface area contributed by atoms with Crippen molar-refractivity contribution in [3.8, 4) is 5.06 Å². The van der Waals surface area contributed by atoms with E-state index < -0.39 is 5.97 Å². The Morgan fingerprint density at radius 1 is 1.50 bits per heavy atom. The minimum absolute atomic E-state index is 0.176. The Morgan fingerprint density at radius 3 is 2.88 bits per heavy atom. The molecule has 5 nitrogen and oxygen atoms in total. The fourth-order valence-corrected chi connectivity index (χ4v) is 2.84. The molecule has 86 valence electrons. The molecule has 0 saturated heterocycles. The molecular weight excluding hydrogens is 230 g/mol.